The summed E-state index contributed by atoms with van der Waals surface area (Å²) in [6.45, 7) is 4.00. The zero-order valence-corrected chi connectivity index (χ0v) is 16.3. The van der Waals surface area contributed by atoms with Crippen LogP contribution in [-0.4, -0.2) is 19.9 Å². The quantitative estimate of drug-likeness (QED) is 0.450. The number of aromatic nitrogens is 4. The Morgan fingerprint density at radius 2 is 1.67 bits per heavy atom. The summed E-state index contributed by atoms with van der Waals surface area (Å²) >= 11 is 0. The van der Waals surface area contributed by atoms with Gasteiger partial charge in [-0.1, -0.05) is 13.8 Å². The fraction of sp³-hybridized carbons (Fsp3) is 0.182. The van der Waals surface area contributed by atoms with Gasteiger partial charge >= 0.3 is 6.18 Å². The van der Waals surface area contributed by atoms with Crippen molar-refractivity contribution in [3.63, 3.8) is 0 Å². The van der Waals surface area contributed by atoms with E-state index in [1.165, 1.54) is 18.5 Å². The lowest BCUT2D eigenvalue weighted by Gasteiger charge is -2.17. The minimum atomic E-state index is -4.38. The highest BCUT2D eigenvalue weighted by Gasteiger charge is 2.30. The van der Waals surface area contributed by atoms with Gasteiger partial charge in [-0.15, -0.1) is 0 Å². The summed E-state index contributed by atoms with van der Waals surface area (Å²) in [5.74, 6) is 0.567. The van der Waals surface area contributed by atoms with Crippen molar-refractivity contribution >= 4 is 22.5 Å². The summed E-state index contributed by atoms with van der Waals surface area (Å²) in [6, 6.07) is 12.4. The van der Waals surface area contributed by atoms with Gasteiger partial charge in [0.1, 0.15) is 12.1 Å². The minimum absolute atomic E-state index is 0.0411. The van der Waals surface area contributed by atoms with Crippen molar-refractivity contribution in [1.82, 2.24) is 19.9 Å². The highest BCUT2D eigenvalue weighted by molar-refractivity contribution is 5.79. The predicted octanol–water partition coefficient (Wildman–Crippen LogP) is 5.97. The first kappa shape index (κ1) is 19.8. The third-order valence-corrected chi connectivity index (χ3v) is 4.64. The molecule has 8 heteroatoms. The monoisotopic (exact) mass is 409 g/mol. The molecular formula is C22H18F3N5. The van der Waals surface area contributed by atoms with Crippen molar-refractivity contribution in [1.29, 1.82) is 0 Å². The molecule has 0 spiro atoms. The van der Waals surface area contributed by atoms with Gasteiger partial charge in [0, 0.05) is 22.8 Å². The van der Waals surface area contributed by atoms with E-state index < -0.39 is 11.7 Å². The second-order valence-electron chi connectivity index (χ2n) is 7.09. The van der Waals surface area contributed by atoms with Crippen LogP contribution in [0.25, 0.3) is 22.4 Å². The normalized spacial score (nSPS) is 11.8. The third kappa shape index (κ3) is 3.94. The van der Waals surface area contributed by atoms with Gasteiger partial charge in [0.05, 0.1) is 17.0 Å². The number of hydrogen-bond acceptors (Lipinski definition) is 5. The Morgan fingerprint density at radius 3 is 2.37 bits per heavy atom. The molecule has 5 nitrogen and oxygen atoms in total. The van der Waals surface area contributed by atoms with Gasteiger partial charge < -0.3 is 5.32 Å². The summed E-state index contributed by atoms with van der Waals surface area (Å²) in [6.07, 6.45) is -1.28. The molecule has 0 aliphatic rings. The summed E-state index contributed by atoms with van der Waals surface area (Å²) in [5, 5.41) is 4.04. The maximum absolute atomic E-state index is 12.8. The van der Waals surface area contributed by atoms with E-state index in [1.54, 1.807) is 6.20 Å². The molecule has 0 amide bonds. The van der Waals surface area contributed by atoms with Gasteiger partial charge in [0.2, 0.25) is 0 Å². The molecule has 152 valence electrons. The number of pyridine rings is 2. The average Bonchev–Trinajstić information content (AvgIpc) is 2.73. The van der Waals surface area contributed by atoms with Crippen LogP contribution in [0, 0.1) is 0 Å². The SMILES string of the molecule is CC(C)c1c(Nc2ccc(C(F)(F)F)cc2)ncnc1-c1ccc2cccnc2n1. The molecule has 4 rings (SSSR count). The van der Waals surface area contributed by atoms with Crippen LogP contribution in [0.2, 0.25) is 0 Å². The Bertz CT molecular complexity index is 1190. The van der Waals surface area contributed by atoms with E-state index in [9.17, 15) is 13.2 Å². The van der Waals surface area contributed by atoms with Crippen LogP contribution in [0.4, 0.5) is 24.7 Å². The standard InChI is InChI=1S/C22H18F3N5/c1-13(2)18-19(17-10-5-14-4-3-11-26-20(14)30-17)27-12-28-21(18)29-16-8-6-15(7-9-16)22(23,24)25/h3-13H,1-2H3,(H,27,28,29). The summed E-state index contributed by atoms with van der Waals surface area (Å²) in [7, 11) is 0. The lowest BCUT2D eigenvalue weighted by atomic mass is 9.99. The van der Waals surface area contributed by atoms with E-state index in [0.29, 0.717) is 28.5 Å². The summed E-state index contributed by atoms with van der Waals surface area (Å²) < 4.78 is 38.4. The lowest BCUT2D eigenvalue weighted by molar-refractivity contribution is -0.137. The summed E-state index contributed by atoms with van der Waals surface area (Å²) in [4.78, 5) is 17.7. The maximum atomic E-state index is 12.8. The molecule has 0 bridgehead atoms. The van der Waals surface area contributed by atoms with Crippen LogP contribution in [0.1, 0.15) is 30.9 Å². The molecule has 1 N–H and O–H groups in total. The fourth-order valence-electron chi connectivity index (χ4n) is 3.21. The molecule has 0 saturated heterocycles. The van der Waals surface area contributed by atoms with Crippen molar-refractivity contribution in [3.8, 4) is 11.4 Å². The molecule has 4 aromatic rings. The second-order valence-corrected chi connectivity index (χ2v) is 7.09. The largest absolute Gasteiger partial charge is 0.416 e. The van der Waals surface area contributed by atoms with Crippen molar-refractivity contribution in [2.75, 3.05) is 5.32 Å². The molecule has 3 heterocycles. The number of hydrogen-bond donors (Lipinski definition) is 1. The number of fused-ring (bicyclic) bond motifs is 1. The van der Waals surface area contributed by atoms with Crippen LogP contribution in [0.3, 0.4) is 0 Å². The number of nitrogens with one attached hydrogen (secondary N) is 1. The summed E-state index contributed by atoms with van der Waals surface area (Å²) in [5.41, 5.74) is 2.54. The first-order valence-corrected chi connectivity index (χ1v) is 9.34. The Morgan fingerprint density at radius 1 is 0.900 bits per heavy atom. The number of halogens is 3. The second kappa shape index (κ2) is 7.70. The van der Waals surface area contributed by atoms with Gasteiger partial charge in [-0.3, -0.25) is 0 Å². The first-order chi connectivity index (χ1) is 14.3. The molecule has 30 heavy (non-hydrogen) atoms. The van der Waals surface area contributed by atoms with Gasteiger partial charge in [0.25, 0.3) is 0 Å². The molecule has 0 aliphatic heterocycles. The third-order valence-electron chi connectivity index (χ3n) is 4.64. The molecule has 0 unspecified atom stereocenters. The zero-order chi connectivity index (χ0) is 21.3. The highest BCUT2D eigenvalue weighted by Crippen LogP contribution is 2.34. The molecule has 1 aromatic carbocycles. The predicted molar refractivity (Wildman–Crippen MR) is 109 cm³/mol. The minimum Gasteiger partial charge on any atom is -0.340 e. The van der Waals surface area contributed by atoms with E-state index in [-0.39, 0.29) is 5.92 Å². The molecule has 0 fully saturated rings. The van der Waals surface area contributed by atoms with Gasteiger partial charge in [-0.2, -0.15) is 13.2 Å². The average molecular weight is 409 g/mol. The van der Waals surface area contributed by atoms with Crippen molar-refractivity contribution in [2.45, 2.75) is 25.9 Å². The number of alkyl halides is 3. The molecule has 0 saturated carbocycles. The molecular weight excluding hydrogens is 391 g/mol. The van der Waals surface area contributed by atoms with Crippen LogP contribution < -0.4 is 5.32 Å². The van der Waals surface area contributed by atoms with Crippen LogP contribution in [0.5, 0.6) is 0 Å². The molecule has 0 aliphatic carbocycles. The van der Waals surface area contributed by atoms with E-state index in [0.717, 1.165) is 23.1 Å². The highest BCUT2D eigenvalue weighted by atomic mass is 19.4. The maximum Gasteiger partial charge on any atom is 0.416 e. The topological polar surface area (TPSA) is 63.6 Å². The van der Waals surface area contributed by atoms with E-state index in [1.807, 2.05) is 38.1 Å². The van der Waals surface area contributed by atoms with Crippen molar-refractivity contribution in [3.05, 3.63) is 72.2 Å². The van der Waals surface area contributed by atoms with E-state index in [4.69, 9.17) is 0 Å². The van der Waals surface area contributed by atoms with Gasteiger partial charge in [0.15, 0.2) is 5.65 Å². The number of benzene rings is 1. The Labute approximate surface area is 171 Å². The first-order valence-electron chi connectivity index (χ1n) is 9.34. The smallest absolute Gasteiger partial charge is 0.340 e. The number of nitrogens with zero attached hydrogens (tertiary/aromatic N) is 4. The van der Waals surface area contributed by atoms with Gasteiger partial charge in [-0.05, 0) is 54.4 Å². The molecule has 0 radical (unpaired) electrons. The van der Waals surface area contributed by atoms with Crippen LogP contribution >= 0.6 is 0 Å². The fourth-order valence-corrected chi connectivity index (χ4v) is 3.21. The van der Waals surface area contributed by atoms with E-state index in [2.05, 4.69) is 25.3 Å². The molecule has 3 aromatic heterocycles. The Kier molecular flexibility index (Phi) is 5.07. The Hall–Kier alpha value is -3.55. The lowest BCUT2D eigenvalue weighted by Crippen LogP contribution is -2.07. The zero-order valence-electron chi connectivity index (χ0n) is 16.3. The van der Waals surface area contributed by atoms with Crippen molar-refractivity contribution in [2.24, 2.45) is 0 Å². The molecule has 0 atom stereocenters. The number of anilines is 2. The Balaban J connectivity index is 1.74. The van der Waals surface area contributed by atoms with Crippen LogP contribution in [-0.2, 0) is 6.18 Å². The number of rotatable bonds is 4. The van der Waals surface area contributed by atoms with Gasteiger partial charge in [-0.25, -0.2) is 19.9 Å². The van der Waals surface area contributed by atoms with Crippen LogP contribution in [0.15, 0.2) is 61.1 Å². The van der Waals surface area contributed by atoms with Crippen molar-refractivity contribution < 1.29 is 13.2 Å². The van der Waals surface area contributed by atoms with E-state index >= 15 is 0 Å².